The second kappa shape index (κ2) is 6.24. The molecule has 0 bridgehead atoms. The summed E-state index contributed by atoms with van der Waals surface area (Å²) in [4.78, 5) is 0. The van der Waals surface area contributed by atoms with E-state index in [2.05, 4.69) is 0 Å². The van der Waals surface area contributed by atoms with Crippen LogP contribution in [0.4, 0.5) is 0 Å². The number of rotatable bonds is 4. The van der Waals surface area contributed by atoms with Crippen LogP contribution in [0.25, 0.3) is 0 Å². The van der Waals surface area contributed by atoms with E-state index in [9.17, 15) is 9.67 Å². The van der Waals surface area contributed by atoms with Gasteiger partial charge in [-0.2, -0.15) is 0 Å². The van der Waals surface area contributed by atoms with Crippen LogP contribution >= 0.6 is 7.29 Å². The molecule has 23 heavy (non-hydrogen) atoms. The van der Waals surface area contributed by atoms with Crippen molar-refractivity contribution in [1.82, 2.24) is 4.67 Å². The van der Waals surface area contributed by atoms with Gasteiger partial charge in [0.2, 0.25) is 0 Å². The van der Waals surface area contributed by atoms with Crippen molar-refractivity contribution >= 4 is 7.29 Å². The predicted molar refractivity (Wildman–Crippen MR) is 95.1 cm³/mol. The molecule has 2 aromatic carbocycles. The van der Waals surface area contributed by atoms with Gasteiger partial charge in [0.1, 0.15) is 12.9 Å². The quantitative estimate of drug-likeness (QED) is 0.864. The lowest BCUT2D eigenvalue weighted by atomic mass is 9.79. The lowest BCUT2D eigenvalue weighted by Gasteiger charge is -2.41. The Balaban J connectivity index is 2.15. The molecule has 0 saturated carbocycles. The summed E-state index contributed by atoms with van der Waals surface area (Å²) < 4.78 is 14.8. The maximum Gasteiger partial charge on any atom is 0.144 e. The molecule has 1 atom stereocenters. The number of benzene rings is 2. The van der Waals surface area contributed by atoms with Crippen molar-refractivity contribution in [1.29, 1.82) is 0 Å². The number of nitrogens with zero attached hydrogens (tertiary/aromatic N) is 1. The Morgan fingerprint density at radius 3 is 1.91 bits per heavy atom. The topological polar surface area (TPSA) is 40.5 Å². The van der Waals surface area contributed by atoms with Gasteiger partial charge in [0.25, 0.3) is 0 Å². The molecule has 1 aliphatic heterocycles. The Morgan fingerprint density at radius 1 is 1.00 bits per heavy atom. The van der Waals surface area contributed by atoms with Gasteiger partial charge in [-0.15, -0.1) is 0 Å². The molecule has 1 aliphatic rings. The molecule has 1 N–H and O–H groups in total. The summed E-state index contributed by atoms with van der Waals surface area (Å²) in [5.41, 5.74) is 0.564. The zero-order valence-corrected chi connectivity index (χ0v) is 14.6. The zero-order valence-electron chi connectivity index (χ0n) is 13.7. The molecular formula is C19H24NO2P. The fourth-order valence-corrected chi connectivity index (χ4v) is 5.27. The molecule has 0 aromatic heterocycles. The van der Waals surface area contributed by atoms with E-state index in [1.165, 1.54) is 0 Å². The van der Waals surface area contributed by atoms with Crippen molar-refractivity contribution < 1.29 is 9.67 Å². The standard InChI is InChI=1S/C19H24NO2P/c1-23(2,22)20-15-9-14-18(20)19(21,16-10-5-3-6-11-16)17-12-7-4-8-13-17/h3-8,10-13,18,21H,9,14-15H2,1-2H3/t18-/m0/s1. The molecule has 3 nitrogen and oxygen atoms in total. The highest BCUT2D eigenvalue weighted by atomic mass is 31.2. The zero-order chi connectivity index (χ0) is 16.5. The summed E-state index contributed by atoms with van der Waals surface area (Å²) in [7, 11) is -2.43. The fraction of sp³-hybridized carbons (Fsp3) is 0.368. The molecule has 4 heteroatoms. The smallest absolute Gasteiger partial charge is 0.144 e. The predicted octanol–water partition coefficient (Wildman–Crippen LogP) is 3.92. The minimum atomic E-state index is -2.43. The lowest BCUT2D eigenvalue weighted by Crippen LogP contribution is -2.47. The molecule has 1 fully saturated rings. The molecular weight excluding hydrogens is 305 g/mol. The van der Waals surface area contributed by atoms with E-state index in [4.69, 9.17) is 0 Å². The van der Waals surface area contributed by atoms with Crippen LogP contribution in [-0.4, -0.2) is 35.7 Å². The van der Waals surface area contributed by atoms with Crippen LogP contribution in [0.15, 0.2) is 60.7 Å². The van der Waals surface area contributed by atoms with Crippen LogP contribution in [0.1, 0.15) is 24.0 Å². The highest BCUT2D eigenvalue weighted by molar-refractivity contribution is 7.59. The summed E-state index contributed by atoms with van der Waals surface area (Å²) in [6.45, 7) is 4.36. The maximum absolute atomic E-state index is 12.8. The lowest BCUT2D eigenvalue weighted by molar-refractivity contribution is 0.0201. The minimum Gasteiger partial charge on any atom is -0.379 e. The van der Waals surface area contributed by atoms with Gasteiger partial charge >= 0.3 is 0 Å². The van der Waals surface area contributed by atoms with Crippen LogP contribution < -0.4 is 0 Å². The molecule has 1 heterocycles. The van der Waals surface area contributed by atoms with E-state index < -0.39 is 12.9 Å². The van der Waals surface area contributed by atoms with E-state index >= 15 is 0 Å². The summed E-state index contributed by atoms with van der Waals surface area (Å²) >= 11 is 0. The monoisotopic (exact) mass is 329 g/mol. The molecule has 0 aliphatic carbocycles. The third-order valence-corrected chi connectivity index (χ3v) is 6.47. The third-order valence-electron chi connectivity index (χ3n) is 4.75. The van der Waals surface area contributed by atoms with Crippen molar-refractivity contribution in [3.63, 3.8) is 0 Å². The van der Waals surface area contributed by atoms with Crippen LogP contribution in [0, 0.1) is 0 Å². The first-order valence-corrected chi connectivity index (χ1v) is 10.6. The van der Waals surface area contributed by atoms with E-state index in [0.717, 1.165) is 30.5 Å². The largest absolute Gasteiger partial charge is 0.379 e. The Kier molecular flexibility index (Phi) is 4.46. The molecule has 1 saturated heterocycles. The average Bonchev–Trinajstić information content (AvgIpc) is 3.06. The maximum atomic E-state index is 12.8. The molecule has 0 radical (unpaired) electrons. The number of hydrogen-bond acceptors (Lipinski definition) is 2. The number of aliphatic hydroxyl groups is 1. The molecule has 2 aromatic rings. The Hall–Kier alpha value is -1.41. The van der Waals surface area contributed by atoms with Crippen molar-refractivity contribution in [3.05, 3.63) is 71.8 Å². The molecule has 3 rings (SSSR count). The van der Waals surface area contributed by atoms with Gasteiger partial charge in [-0.1, -0.05) is 60.7 Å². The van der Waals surface area contributed by atoms with Gasteiger partial charge in [-0.25, -0.2) is 4.67 Å². The summed E-state index contributed by atoms with van der Waals surface area (Å²) in [6.07, 6.45) is 1.80. The van der Waals surface area contributed by atoms with E-state index in [-0.39, 0.29) is 6.04 Å². The fourth-order valence-electron chi connectivity index (χ4n) is 3.69. The SMILES string of the molecule is CP(C)(=O)N1CCC[C@H]1C(O)(c1ccccc1)c1ccccc1. The van der Waals surface area contributed by atoms with Gasteiger partial charge in [-0.05, 0) is 24.0 Å². The van der Waals surface area contributed by atoms with Crippen molar-refractivity contribution in [2.24, 2.45) is 0 Å². The second-order valence-corrected chi connectivity index (χ2v) is 9.72. The molecule has 0 spiro atoms. The van der Waals surface area contributed by atoms with Crippen molar-refractivity contribution in [2.75, 3.05) is 19.9 Å². The van der Waals surface area contributed by atoms with Crippen LogP contribution in [0.5, 0.6) is 0 Å². The second-order valence-electron chi connectivity index (χ2n) is 6.61. The summed E-state index contributed by atoms with van der Waals surface area (Å²) in [5.74, 6) is 0. The van der Waals surface area contributed by atoms with Gasteiger partial charge in [-0.3, -0.25) is 0 Å². The Morgan fingerprint density at radius 2 is 1.48 bits per heavy atom. The van der Waals surface area contributed by atoms with E-state index in [1.54, 1.807) is 13.3 Å². The first-order chi connectivity index (χ1) is 10.9. The Bertz CT molecular complexity index is 656. The van der Waals surface area contributed by atoms with Gasteiger partial charge in [0.15, 0.2) is 0 Å². The highest BCUT2D eigenvalue weighted by Gasteiger charge is 2.48. The minimum absolute atomic E-state index is 0.173. The van der Waals surface area contributed by atoms with Crippen LogP contribution in [-0.2, 0) is 10.2 Å². The number of hydrogen-bond donors (Lipinski definition) is 1. The first kappa shape index (κ1) is 16.4. The van der Waals surface area contributed by atoms with Crippen LogP contribution in [0.3, 0.4) is 0 Å². The third kappa shape index (κ3) is 3.01. The molecule has 122 valence electrons. The van der Waals surface area contributed by atoms with Gasteiger partial charge in [0, 0.05) is 19.9 Å². The van der Waals surface area contributed by atoms with E-state index in [1.807, 2.05) is 65.3 Å². The average molecular weight is 329 g/mol. The van der Waals surface area contributed by atoms with Gasteiger partial charge < -0.3 is 9.67 Å². The van der Waals surface area contributed by atoms with Crippen molar-refractivity contribution in [2.45, 2.75) is 24.5 Å². The van der Waals surface area contributed by atoms with Crippen LogP contribution in [0.2, 0.25) is 0 Å². The van der Waals surface area contributed by atoms with Gasteiger partial charge in [0.05, 0.1) is 6.04 Å². The summed E-state index contributed by atoms with van der Waals surface area (Å²) in [6, 6.07) is 19.3. The Labute approximate surface area is 138 Å². The molecule has 0 amide bonds. The van der Waals surface area contributed by atoms with E-state index in [0.29, 0.717) is 0 Å². The molecule has 0 unspecified atom stereocenters. The van der Waals surface area contributed by atoms with Crippen molar-refractivity contribution in [3.8, 4) is 0 Å². The first-order valence-electron chi connectivity index (χ1n) is 8.09. The highest BCUT2D eigenvalue weighted by Crippen LogP contribution is 2.52. The summed E-state index contributed by atoms with van der Waals surface area (Å²) in [5, 5.41) is 11.8. The normalized spacial score (nSPS) is 19.9.